The van der Waals surface area contributed by atoms with Crippen LogP contribution in [-0.4, -0.2) is 42.0 Å². The third-order valence-corrected chi connectivity index (χ3v) is 7.33. The van der Waals surface area contributed by atoms with Gasteiger partial charge < -0.3 is 19.5 Å². The van der Waals surface area contributed by atoms with Crippen molar-refractivity contribution in [2.45, 2.75) is 51.1 Å². The van der Waals surface area contributed by atoms with Crippen molar-refractivity contribution >= 4 is 28.8 Å². The molecule has 1 aromatic heterocycles. The smallest absolute Gasteiger partial charge is 0.295 e. The Morgan fingerprint density at radius 1 is 1.10 bits per heavy atom. The molecule has 1 N–H and O–H groups in total. The fraction of sp³-hybridized carbons (Fsp3) is 0.417. The van der Waals surface area contributed by atoms with Gasteiger partial charge in [0.2, 0.25) is 0 Å². The van der Waals surface area contributed by atoms with Crippen molar-refractivity contribution in [2.24, 2.45) is 0 Å². The number of Topliss-reactive ketones (excluding diaryl/α,β-unsaturated/α-hetero) is 1. The van der Waals surface area contributed by atoms with Gasteiger partial charge in [0.1, 0.15) is 23.3 Å². The number of rotatable bonds is 5. The Balaban J connectivity index is 1.89. The fourth-order valence-electron chi connectivity index (χ4n) is 4.65. The van der Waals surface area contributed by atoms with Crippen LogP contribution >= 0.6 is 11.3 Å². The molecule has 1 saturated carbocycles. The number of likely N-dealkylation sites (tertiary alicyclic amines) is 1. The van der Waals surface area contributed by atoms with Crippen molar-refractivity contribution in [1.29, 1.82) is 0 Å². The van der Waals surface area contributed by atoms with Crippen LogP contribution in [0.3, 0.4) is 0 Å². The molecule has 164 valence electrons. The first kappa shape index (κ1) is 21.4. The Kier molecular flexibility index (Phi) is 6.05. The molecule has 1 aliphatic carbocycles. The summed E-state index contributed by atoms with van der Waals surface area (Å²) in [6.07, 6.45) is 4.97. The molecule has 1 atom stereocenters. The summed E-state index contributed by atoms with van der Waals surface area (Å²) in [6.45, 7) is 1.97. The standard InChI is InChI=1S/C24H27NO5S/c1-14-11-12-31-23(14)20-19(21(26)17-10-9-16(29-2)13-18(17)30-3)22(27)24(28)25(20)15-7-5-4-6-8-15/h9-13,15,20,26H,4-8H2,1-3H3/b21-19+. The normalized spacial score (nSPS) is 21.5. The van der Waals surface area contributed by atoms with Crippen LogP contribution in [-0.2, 0) is 9.59 Å². The van der Waals surface area contributed by atoms with Crippen LogP contribution in [0.25, 0.3) is 5.76 Å². The summed E-state index contributed by atoms with van der Waals surface area (Å²) in [5.41, 5.74) is 1.50. The Bertz CT molecular complexity index is 1030. The molecular weight excluding hydrogens is 414 g/mol. The van der Waals surface area contributed by atoms with E-state index in [0.717, 1.165) is 42.5 Å². The quantitative estimate of drug-likeness (QED) is 0.409. The second kappa shape index (κ2) is 8.75. The lowest BCUT2D eigenvalue weighted by Gasteiger charge is -2.35. The number of carbonyl (C=O) groups excluding carboxylic acids is 2. The summed E-state index contributed by atoms with van der Waals surface area (Å²) >= 11 is 1.51. The van der Waals surface area contributed by atoms with Gasteiger partial charge in [-0.1, -0.05) is 19.3 Å². The highest BCUT2D eigenvalue weighted by Crippen LogP contribution is 2.46. The van der Waals surface area contributed by atoms with E-state index in [0.29, 0.717) is 17.1 Å². The number of nitrogens with zero attached hydrogens (tertiary/aromatic N) is 1. The van der Waals surface area contributed by atoms with Gasteiger partial charge in [-0.05, 0) is 48.9 Å². The van der Waals surface area contributed by atoms with Crippen molar-refractivity contribution in [3.05, 3.63) is 51.2 Å². The Labute approximate surface area is 186 Å². The maximum Gasteiger partial charge on any atom is 0.295 e. The number of methoxy groups -OCH3 is 2. The molecule has 2 heterocycles. The van der Waals surface area contributed by atoms with Gasteiger partial charge in [-0.25, -0.2) is 0 Å². The summed E-state index contributed by atoms with van der Waals surface area (Å²) in [7, 11) is 3.04. The molecule has 1 aliphatic heterocycles. The SMILES string of the molecule is COc1ccc(/C(O)=C2\C(=O)C(=O)N(C3CCCCC3)C2c2sccc2C)c(OC)c1. The molecule has 1 unspecified atom stereocenters. The van der Waals surface area contributed by atoms with E-state index in [-0.39, 0.29) is 17.4 Å². The molecule has 1 aromatic carbocycles. The van der Waals surface area contributed by atoms with Crippen LogP contribution in [0.4, 0.5) is 0 Å². The van der Waals surface area contributed by atoms with Crippen LogP contribution in [0, 0.1) is 6.92 Å². The lowest BCUT2D eigenvalue weighted by molar-refractivity contribution is -0.141. The Morgan fingerprint density at radius 2 is 1.84 bits per heavy atom. The first-order chi connectivity index (χ1) is 15.0. The number of benzene rings is 1. The predicted molar refractivity (Wildman–Crippen MR) is 120 cm³/mol. The summed E-state index contributed by atoms with van der Waals surface area (Å²) < 4.78 is 10.7. The molecule has 6 nitrogen and oxygen atoms in total. The monoisotopic (exact) mass is 441 g/mol. The van der Waals surface area contributed by atoms with Gasteiger partial charge in [0.25, 0.3) is 11.7 Å². The summed E-state index contributed by atoms with van der Waals surface area (Å²) in [5, 5.41) is 13.3. The van der Waals surface area contributed by atoms with Crippen LogP contribution < -0.4 is 9.47 Å². The molecule has 1 amide bonds. The maximum absolute atomic E-state index is 13.2. The van der Waals surface area contributed by atoms with Gasteiger partial charge in [0.15, 0.2) is 0 Å². The highest BCUT2D eigenvalue weighted by Gasteiger charge is 2.49. The first-order valence-corrected chi connectivity index (χ1v) is 11.4. The summed E-state index contributed by atoms with van der Waals surface area (Å²) in [6, 6.07) is 6.39. The summed E-state index contributed by atoms with van der Waals surface area (Å²) in [5.74, 6) is -0.435. The number of hydrogen-bond acceptors (Lipinski definition) is 6. The van der Waals surface area contributed by atoms with Gasteiger partial charge in [0, 0.05) is 17.0 Å². The van der Waals surface area contributed by atoms with E-state index >= 15 is 0 Å². The van der Waals surface area contributed by atoms with Gasteiger partial charge in [-0.3, -0.25) is 9.59 Å². The first-order valence-electron chi connectivity index (χ1n) is 10.5. The van der Waals surface area contributed by atoms with E-state index in [1.807, 2.05) is 18.4 Å². The minimum atomic E-state index is -0.640. The minimum Gasteiger partial charge on any atom is -0.507 e. The third-order valence-electron chi connectivity index (χ3n) is 6.26. The average Bonchev–Trinajstić information content (AvgIpc) is 3.33. The number of aryl methyl sites for hydroxylation is 1. The molecule has 0 bridgehead atoms. The van der Waals surface area contributed by atoms with Gasteiger partial charge in [-0.2, -0.15) is 0 Å². The number of thiophene rings is 1. The van der Waals surface area contributed by atoms with Crippen LogP contribution in [0.5, 0.6) is 11.5 Å². The van der Waals surface area contributed by atoms with E-state index in [1.54, 1.807) is 30.2 Å². The minimum absolute atomic E-state index is 0.000220. The molecule has 2 aromatic rings. The second-order valence-electron chi connectivity index (χ2n) is 8.03. The Morgan fingerprint density at radius 3 is 2.45 bits per heavy atom. The number of aliphatic hydroxyl groups is 1. The fourth-order valence-corrected chi connectivity index (χ4v) is 5.68. The molecule has 7 heteroatoms. The van der Waals surface area contributed by atoms with E-state index in [4.69, 9.17) is 9.47 Å². The molecule has 0 radical (unpaired) electrons. The number of aliphatic hydroxyl groups excluding tert-OH is 1. The number of ketones is 1. The highest BCUT2D eigenvalue weighted by molar-refractivity contribution is 7.10. The third kappa shape index (κ3) is 3.71. The lowest BCUT2D eigenvalue weighted by atomic mass is 9.92. The number of carbonyl (C=O) groups is 2. The lowest BCUT2D eigenvalue weighted by Crippen LogP contribution is -2.40. The Hall–Kier alpha value is -2.80. The topological polar surface area (TPSA) is 76.1 Å². The molecule has 1 saturated heterocycles. The molecule has 2 aliphatic rings. The van der Waals surface area contributed by atoms with Crippen LogP contribution in [0.15, 0.2) is 35.2 Å². The van der Waals surface area contributed by atoms with Gasteiger partial charge in [-0.15, -0.1) is 11.3 Å². The van der Waals surface area contributed by atoms with E-state index in [2.05, 4.69) is 0 Å². The van der Waals surface area contributed by atoms with Crippen LogP contribution in [0.2, 0.25) is 0 Å². The zero-order valence-corrected chi connectivity index (χ0v) is 18.8. The van der Waals surface area contributed by atoms with E-state index in [1.165, 1.54) is 18.4 Å². The van der Waals surface area contributed by atoms with Crippen molar-refractivity contribution in [3.63, 3.8) is 0 Å². The predicted octanol–water partition coefficient (Wildman–Crippen LogP) is 4.83. The molecule has 0 spiro atoms. The summed E-state index contributed by atoms with van der Waals surface area (Å²) in [4.78, 5) is 29.1. The molecule has 2 fully saturated rings. The van der Waals surface area contributed by atoms with E-state index < -0.39 is 17.7 Å². The average molecular weight is 442 g/mol. The number of ether oxygens (including phenoxy) is 2. The zero-order chi connectivity index (χ0) is 22.1. The van der Waals surface area contributed by atoms with Crippen molar-refractivity contribution in [1.82, 2.24) is 4.90 Å². The largest absolute Gasteiger partial charge is 0.507 e. The van der Waals surface area contributed by atoms with E-state index in [9.17, 15) is 14.7 Å². The number of hydrogen-bond donors (Lipinski definition) is 1. The van der Waals surface area contributed by atoms with Crippen molar-refractivity contribution in [2.75, 3.05) is 14.2 Å². The van der Waals surface area contributed by atoms with Crippen LogP contribution in [0.1, 0.15) is 54.1 Å². The molecule has 31 heavy (non-hydrogen) atoms. The second-order valence-corrected chi connectivity index (χ2v) is 8.98. The van der Waals surface area contributed by atoms with Crippen molar-refractivity contribution < 1.29 is 24.2 Å². The zero-order valence-electron chi connectivity index (χ0n) is 18.0. The van der Waals surface area contributed by atoms with Gasteiger partial charge in [0.05, 0.1) is 25.4 Å². The molecule has 4 rings (SSSR count). The van der Waals surface area contributed by atoms with Crippen molar-refractivity contribution in [3.8, 4) is 11.5 Å². The van der Waals surface area contributed by atoms with Gasteiger partial charge >= 0.3 is 0 Å². The number of amides is 1. The maximum atomic E-state index is 13.2. The highest BCUT2D eigenvalue weighted by atomic mass is 32.1. The molecular formula is C24H27NO5S.